The molecule has 45 heavy (non-hydrogen) atoms. The molecule has 0 N–H and O–H groups in total. The number of esters is 2. The lowest BCUT2D eigenvalue weighted by molar-refractivity contribution is -0.161. The Kier molecular flexibility index (Phi) is 10.4. The van der Waals surface area contributed by atoms with E-state index in [9.17, 15) is 9.59 Å². The molecule has 0 spiro atoms. The van der Waals surface area contributed by atoms with E-state index >= 15 is 0 Å². The summed E-state index contributed by atoms with van der Waals surface area (Å²) in [6.45, 7) is 5.87. The minimum absolute atomic E-state index is 0.0174. The highest BCUT2D eigenvalue weighted by molar-refractivity contribution is 5.95. The first-order chi connectivity index (χ1) is 21.9. The van der Waals surface area contributed by atoms with Crippen LogP contribution in [0, 0.1) is 12.8 Å². The molecule has 3 aromatic carbocycles. The molecule has 9 nitrogen and oxygen atoms in total. The summed E-state index contributed by atoms with van der Waals surface area (Å²) < 4.78 is 28.4. The minimum Gasteiger partial charge on any atom is -0.487 e. The second-order valence-corrected chi connectivity index (χ2v) is 10.3. The number of benzene rings is 3. The highest BCUT2D eigenvalue weighted by Gasteiger charge is 2.32. The van der Waals surface area contributed by atoms with Gasteiger partial charge in [0.2, 0.25) is 11.8 Å². The van der Waals surface area contributed by atoms with E-state index in [0.717, 1.165) is 28.1 Å². The molecule has 0 atom stereocenters. The summed E-state index contributed by atoms with van der Waals surface area (Å²) in [7, 11) is 0. The molecular weight excluding hydrogens is 572 g/mol. The molecule has 0 aliphatic rings. The fourth-order valence-corrected chi connectivity index (χ4v) is 4.81. The minimum atomic E-state index is -1.13. The highest BCUT2D eigenvalue weighted by atomic mass is 16.6. The number of aromatic nitrogens is 2. The standard InChI is InChI=1S/C36H36N2O7/c1-4-41-35(39)29(36(40)42-5-2)22-30-32(45-34(37-30)27-14-10-7-11-15-27)21-18-25-16-19-28(20-17-25)43-23-31-24(3)44-33(38-31)26-12-8-6-9-13-26/h6-17,19-20,29H,4-5,18,21-23H2,1-3H3. The number of nitrogens with zero attached hydrogens (tertiary/aromatic N) is 2. The second kappa shape index (κ2) is 15.0. The zero-order valence-electron chi connectivity index (χ0n) is 25.7. The molecule has 9 heteroatoms. The van der Waals surface area contributed by atoms with Crippen molar-refractivity contribution in [3.63, 3.8) is 0 Å². The lowest BCUT2D eigenvalue weighted by Gasteiger charge is -2.13. The second-order valence-electron chi connectivity index (χ2n) is 10.3. The maximum Gasteiger partial charge on any atom is 0.320 e. The number of ether oxygens (including phenoxy) is 3. The van der Waals surface area contributed by atoms with Gasteiger partial charge in [-0.2, -0.15) is 0 Å². The van der Waals surface area contributed by atoms with Gasteiger partial charge in [0.1, 0.15) is 29.6 Å². The summed E-state index contributed by atoms with van der Waals surface area (Å²) in [5, 5.41) is 0. The van der Waals surface area contributed by atoms with Gasteiger partial charge < -0.3 is 23.0 Å². The predicted octanol–water partition coefficient (Wildman–Crippen LogP) is 6.95. The van der Waals surface area contributed by atoms with Crippen LogP contribution >= 0.6 is 0 Å². The van der Waals surface area contributed by atoms with Crippen LogP contribution in [0.15, 0.2) is 93.8 Å². The van der Waals surface area contributed by atoms with E-state index in [1.54, 1.807) is 13.8 Å². The molecule has 0 saturated heterocycles. The van der Waals surface area contributed by atoms with Gasteiger partial charge in [0, 0.05) is 24.0 Å². The number of carbonyl (C=O) groups is 2. The average molecular weight is 609 g/mol. The van der Waals surface area contributed by atoms with Crippen LogP contribution in [0.3, 0.4) is 0 Å². The van der Waals surface area contributed by atoms with Crippen molar-refractivity contribution in [2.24, 2.45) is 5.92 Å². The van der Waals surface area contributed by atoms with E-state index in [2.05, 4.69) is 4.98 Å². The van der Waals surface area contributed by atoms with Gasteiger partial charge in [-0.15, -0.1) is 0 Å². The summed E-state index contributed by atoms with van der Waals surface area (Å²) in [4.78, 5) is 34.7. The zero-order chi connectivity index (χ0) is 31.6. The molecule has 0 unspecified atom stereocenters. The van der Waals surface area contributed by atoms with Gasteiger partial charge in [0.15, 0.2) is 5.92 Å². The molecular formula is C36H36N2O7. The SMILES string of the molecule is CCOC(=O)C(Cc1nc(-c2ccccc2)oc1CCc1ccc(OCc2nc(-c3ccccc3)oc2C)cc1)C(=O)OCC. The van der Waals surface area contributed by atoms with Crippen molar-refractivity contribution < 1.29 is 32.6 Å². The molecule has 0 amide bonds. The number of oxazole rings is 2. The van der Waals surface area contributed by atoms with Crippen LogP contribution in [0.25, 0.3) is 22.9 Å². The van der Waals surface area contributed by atoms with Gasteiger partial charge in [-0.1, -0.05) is 48.5 Å². The fraction of sp³-hybridized carbons (Fsp3) is 0.278. The van der Waals surface area contributed by atoms with Crippen molar-refractivity contribution in [1.82, 2.24) is 9.97 Å². The number of carbonyl (C=O) groups excluding carboxylic acids is 2. The Morgan fingerprint density at radius 2 is 1.27 bits per heavy atom. The molecule has 0 bridgehead atoms. The number of aryl methyl sites for hydroxylation is 3. The predicted molar refractivity (Wildman–Crippen MR) is 167 cm³/mol. The number of rotatable bonds is 14. The monoisotopic (exact) mass is 608 g/mol. The van der Waals surface area contributed by atoms with E-state index < -0.39 is 17.9 Å². The van der Waals surface area contributed by atoms with Gasteiger partial charge in [-0.25, -0.2) is 9.97 Å². The summed E-state index contributed by atoms with van der Waals surface area (Å²) in [5.74, 6) is 0.610. The largest absolute Gasteiger partial charge is 0.487 e. The molecule has 0 aliphatic heterocycles. The average Bonchev–Trinajstić information content (AvgIpc) is 3.65. The maximum atomic E-state index is 12.7. The lowest BCUT2D eigenvalue weighted by Crippen LogP contribution is -2.30. The van der Waals surface area contributed by atoms with Crippen LogP contribution < -0.4 is 4.74 Å². The summed E-state index contributed by atoms with van der Waals surface area (Å²) in [6, 6.07) is 27.1. The summed E-state index contributed by atoms with van der Waals surface area (Å²) >= 11 is 0. The Morgan fingerprint density at radius 1 is 0.711 bits per heavy atom. The quantitative estimate of drug-likeness (QED) is 0.0975. The molecule has 0 aliphatic carbocycles. The van der Waals surface area contributed by atoms with Crippen LogP contribution in [0.5, 0.6) is 5.75 Å². The molecule has 5 aromatic rings. The van der Waals surface area contributed by atoms with Gasteiger partial charge in [-0.05, 0) is 69.2 Å². The van der Waals surface area contributed by atoms with Crippen molar-refractivity contribution in [2.45, 2.75) is 46.6 Å². The van der Waals surface area contributed by atoms with Gasteiger partial charge in [-0.3, -0.25) is 9.59 Å². The zero-order valence-corrected chi connectivity index (χ0v) is 25.7. The van der Waals surface area contributed by atoms with E-state index in [-0.39, 0.29) is 26.2 Å². The summed E-state index contributed by atoms with van der Waals surface area (Å²) in [6.07, 6.45) is 1.17. The first-order valence-electron chi connectivity index (χ1n) is 15.1. The molecule has 2 heterocycles. The lowest BCUT2D eigenvalue weighted by atomic mass is 10.0. The third-order valence-electron chi connectivity index (χ3n) is 7.19. The molecule has 0 fully saturated rings. The fourth-order valence-electron chi connectivity index (χ4n) is 4.81. The van der Waals surface area contributed by atoms with E-state index in [4.69, 9.17) is 28.0 Å². The van der Waals surface area contributed by atoms with E-state index in [1.165, 1.54) is 0 Å². The van der Waals surface area contributed by atoms with Gasteiger partial charge >= 0.3 is 11.9 Å². The first kappa shape index (κ1) is 31.3. The van der Waals surface area contributed by atoms with Crippen LogP contribution in [-0.4, -0.2) is 35.1 Å². The molecule has 0 saturated carbocycles. The third-order valence-corrected chi connectivity index (χ3v) is 7.19. The highest BCUT2D eigenvalue weighted by Crippen LogP contribution is 2.27. The Labute approximate surface area is 262 Å². The maximum absolute atomic E-state index is 12.7. The molecule has 5 rings (SSSR count). The van der Waals surface area contributed by atoms with Crippen LogP contribution in [0.4, 0.5) is 0 Å². The van der Waals surface area contributed by atoms with Crippen molar-refractivity contribution in [1.29, 1.82) is 0 Å². The van der Waals surface area contributed by atoms with Crippen LogP contribution in [0.2, 0.25) is 0 Å². The van der Waals surface area contributed by atoms with E-state index in [0.29, 0.717) is 41.8 Å². The molecule has 232 valence electrons. The number of hydrogen-bond donors (Lipinski definition) is 0. The van der Waals surface area contributed by atoms with Gasteiger partial charge in [0.05, 0.1) is 18.9 Å². The Hall–Kier alpha value is -5.18. The summed E-state index contributed by atoms with van der Waals surface area (Å²) in [5.41, 5.74) is 4.04. The van der Waals surface area contributed by atoms with Crippen molar-refractivity contribution in [2.75, 3.05) is 13.2 Å². The van der Waals surface area contributed by atoms with Crippen LogP contribution in [-0.2, 0) is 44.9 Å². The third kappa shape index (κ3) is 8.06. The molecule has 0 radical (unpaired) electrons. The van der Waals surface area contributed by atoms with Crippen LogP contribution in [0.1, 0.15) is 42.3 Å². The van der Waals surface area contributed by atoms with Gasteiger partial charge in [0.25, 0.3) is 0 Å². The van der Waals surface area contributed by atoms with Crippen molar-refractivity contribution >= 4 is 11.9 Å². The normalized spacial score (nSPS) is 11.0. The molecule has 2 aromatic heterocycles. The Bertz CT molecular complexity index is 1670. The Morgan fingerprint density at radius 3 is 1.84 bits per heavy atom. The van der Waals surface area contributed by atoms with Crippen molar-refractivity contribution in [3.8, 4) is 28.7 Å². The van der Waals surface area contributed by atoms with E-state index in [1.807, 2.05) is 91.9 Å². The Balaban J connectivity index is 1.27. The smallest absolute Gasteiger partial charge is 0.320 e. The number of hydrogen-bond acceptors (Lipinski definition) is 9. The topological polar surface area (TPSA) is 114 Å². The van der Waals surface area contributed by atoms with Crippen molar-refractivity contribution in [3.05, 3.63) is 113 Å². The first-order valence-corrected chi connectivity index (χ1v) is 15.1.